The van der Waals surface area contributed by atoms with E-state index in [1.807, 2.05) is 24.3 Å². The normalized spacial score (nSPS) is 28.7. The van der Waals surface area contributed by atoms with Crippen LogP contribution in [0.4, 0.5) is 0 Å². The highest BCUT2D eigenvalue weighted by atomic mass is 16.5. The Balaban J connectivity index is 0.960. The van der Waals surface area contributed by atoms with Crippen LogP contribution in [0.15, 0.2) is 54.1 Å². The van der Waals surface area contributed by atoms with Gasteiger partial charge >= 0.3 is 17.9 Å². The number of aliphatic carboxylic acids is 2. The largest absolute Gasteiger partial charge is 0.480 e. The van der Waals surface area contributed by atoms with Crippen molar-refractivity contribution in [3.05, 3.63) is 70.8 Å². The third-order valence-electron chi connectivity index (χ3n) is 16.2. The van der Waals surface area contributed by atoms with Crippen LogP contribution < -0.4 is 5.32 Å². The minimum absolute atomic E-state index is 0.0837. The molecule has 4 unspecified atom stereocenters. The molecule has 3 fully saturated rings. The van der Waals surface area contributed by atoms with Crippen molar-refractivity contribution in [2.75, 3.05) is 19.6 Å². The quantitative estimate of drug-likeness (QED) is 0.0656. The average Bonchev–Trinajstić information content (AvgIpc) is 3.76. The van der Waals surface area contributed by atoms with E-state index in [1.54, 1.807) is 0 Å². The maximum absolute atomic E-state index is 14.0. The third-order valence-corrected chi connectivity index (χ3v) is 16.2. The maximum Gasteiger partial charge on any atom is 0.323 e. The molecule has 9 atom stereocenters. The predicted molar refractivity (Wildman–Crippen MR) is 234 cm³/mol. The Bertz CT molecular complexity index is 1920. The molecule has 9 heteroatoms. The van der Waals surface area contributed by atoms with Crippen LogP contribution in [0, 0.1) is 46.3 Å². The summed E-state index contributed by atoms with van der Waals surface area (Å²) in [6.07, 6.45) is 16.8. The van der Waals surface area contributed by atoms with Gasteiger partial charge in [0.25, 0.3) is 5.91 Å². The summed E-state index contributed by atoms with van der Waals surface area (Å²) in [6, 6.07) is 13.0. The zero-order chi connectivity index (χ0) is 42.8. The second kappa shape index (κ2) is 18.6. The molecule has 3 saturated carbocycles. The minimum atomic E-state index is -1.20. The summed E-state index contributed by atoms with van der Waals surface area (Å²) >= 11 is 0. The van der Waals surface area contributed by atoms with Crippen molar-refractivity contribution < 1.29 is 34.1 Å². The van der Waals surface area contributed by atoms with Crippen molar-refractivity contribution >= 4 is 23.8 Å². The van der Waals surface area contributed by atoms with E-state index in [0.717, 1.165) is 59.6 Å². The van der Waals surface area contributed by atoms with Crippen molar-refractivity contribution in [3.63, 3.8) is 0 Å². The fraction of sp³-hybridized carbons (Fsp3) is 0.647. The molecule has 0 spiro atoms. The molecule has 2 aromatic rings. The first kappa shape index (κ1) is 44.1. The second-order valence-electron chi connectivity index (χ2n) is 20.2. The van der Waals surface area contributed by atoms with Gasteiger partial charge in [0, 0.05) is 18.5 Å². The van der Waals surface area contributed by atoms with Crippen LogP contribution in [0.3, 0.4) is 0 Å². The zero-order valence-electron chi connectivity index (χ0n) is 36.8. The van der Waals surface area contributed by atoms with Gasteiger partial charge in [0.1, 0.15) is 12.1 Å². The molecule has 7 rings (SSSR count). The number of carboxylic acids is 2. The highest BCUT2D eigenvalue weighted by molar-refractivity contribution is 5.99. The lowest BCUT2D eigenvalue weighted by atomic mass is 9.47. The van der Waals surface area contributed by atoms with Gasteiger partial charge in [0.15, 0.2) is 0 Å². The number of ether oxygens (including phenoxy) is 1. The molecular formula is C51H70N2O7. The van der Waals surface area contributed by atoms with Crippen molar-refractivity contribution in [1.82, 2.24) is 10.2 Å². The maximum atomic E-state index is 14.0. The molecule has 60 heavy (non-hydrogen) atoms. The summed E-state index contributed by atoms with van der Waals surface area (Å²) in [5.74, 6) is 1.34. The number of esters is 1. The van der Waals surface area contributed by atoms with Crippen LogP contribution >= 0.6 is 0 Å². The number of fused-ring (bicyclic) bond motifs is 8. The number of carboxylic acid groups (broad SMARTS) is 2. The predicted octanol–water partition coefficient (Wildman–Crippen LogP) is 9.95. The molecule has 9 nitrogen and oxygen atoms in total. The third kappa shape index (κ3) is 9.12. The number of nitrogens with one attached hydrogen (secondary N) is 1. The van der Waals surface area contributed by atoms with E-state index >= 15 is 0 Å². The summed E-state index contributed by atoms with van der Waals surface area (Å²) in [5.41, 5.74) is 7.02. The van der Waals surface area contributed by atoms with Gasteiger partial charge in [0.05, 0.1) is 13.1 Å². The highest BCUT2D eigenvalue weighted by Crippen LogP contribution is 2.67. The van der Waals surface area contributed by atoms with Crippen LogP contribution in [0.25, 0.3) is 11.1 Å². The summed E-state index contributed by atoms with van der Waals surface area (Å²) in [5, 5.41) is 22.5. The van der Waals surface area contributed by atoms with Crippen molar-refractivity contribution in [3.8, 4) is 11.1 Å². The lowest BCUT2D eigenvalue weighted by molar-refractivity contribution is -0.160. The first-order chi connectivity index (χ1) is 28.7. The number of allylic oxidation sites excluding steroid dienone is 1. The van der Waals surface area contributed by atoms with E-state index < -0.39 is 37.0 Å². The Morgan fingerprint density at radius 1 is 0.833 bits per heavy atom. The zero-order valence-corrected chi connectivity index (χ0v) is 36.8. The van der Waals surface area contributed by atoms with Gasteiger partial charge < -0.3 is 20.3 Å². The minimum Gasteiger partial charge on any atom is -0.480 e. The van der Waals surface area contributed by atoms with E-state index in [4.69, 9.17) is 4.74 Å². The first-order valence-electron chi connectivity index (χ1n) is 23.3. The molecule has 5 aliphatic rings. The lowest BCUT2D eigenvalue weighted by Gasteiger charge is -2.58. The van der Waals surface area contributed by atoms with Gasteiger partial charge in [-0.15, -0.1) is 0 Å². The van der Waals surface area contributed by atoms with E-state index in [9.17, 15) is 29.4 Å². The first-order valence-corrected chi connectivity index (χ1v) is 23.3. The fourth-order valence-corrected chi connectivity index (χ4v) is 13.2. The number of carbonyl (C=O) groups excluding carboxylic acids is 2. The van der Waals surface area contributed by atoms with Crippen molar-refractivity contribution in [2.24, 2.45) is 46.3 Å². The summed E-state index contributed by atoms with van der Waals surface area (Å²) in [6.45, 7) is 11.5. The molecule has 2 aromatic carbocycles. The summed E-state index contributed by atoms with van der Waals surface area (Å²) in [7, 11) is 0. The Kier molecular flexibility index (Phi) is 13.6. The standard InChI is InChI=1S/C51H70N2O7/c1-32(2)12-10-13-33(3)42-21-22-43-40-20-19-35-29-36(23-25-50(35,4)44(40)24-26-51(42,43)5)60-49(59)45(53(30-46(54)55)31-47(56)57)18-8-9-27-52-48(58)39-17-11-16-38-37-15-7-6-14-34(37)28-41(38)39/h6-7,11,14-17,19,32-33,36,40,42-45H,8-10,12-13,18,20-31H2,1-5H3,(H,52,58)(H,54,55)(H,56,57)/t33-,36+,40?,42-,43?,44?,45?,50+,51-/m1/s1. The highest BCUT2D eigenvalue weighted by Gasteiger charge is 2.59. The molecule has 3 N–H and O–H groups in total. The van der Waals surface area contributed by atoms with Gasteiger partial charge in [-0.2, -0.15) is 0 Å². The lowest BCUT2D eigenvalue weighted by Crippen LogP contribution is -2.51. The van der Waals surface area contributed by atoms with Gasteiger partial charge in [-0.25, -0.2) is 0 Å². The van der Waals surface area contributed by atoms with Crippen LogP contribution in [-0.4, -0.2) is 70.7 Å². The number of carbonyl (C=O) groups is 4. The molecule has 0 aromatic heterocycles. The van der Waals surface area contributed by atoms with E-state index in [1.165, 1.54) is 61.0 Å². The second-order valence-corrected chi connectivity index (χ2v) is 20.2. The number of nitrogens with zero attached hydrogens (tertiary/aromatic N) is 1. The van der Waals surface area contributed by atoms with E-state index in [2.05, 4.69) is 64.2 Å². The molecule has 5 aliphatic carbocycles. The van der Waals surface area contributed by atoms with E-state index in [0.29, 0.717) is 55.0 Å². The fourth-order valence-electron chi connectivity index (χ4n) is 13.2. The number of unbranched alkanes of at least 4 members (excludes halogenated alkanes) is 1. The Morgan fingerprint density at radius 2 is 1.58 bits per heavy atom. The molecule has 326 valence electrons. The topological polar surface area (TPSA) is 133 Å². The summed E-state index contributed by atoms with van der Waals surface area (Å²) < 4.78 is 6.25. The monoisotopic (exact) mass is 823 g/mol. The SMILES string of the molecule is CC(C)CCC[C@@H](C)[C@H]1CCC2C3CC=C4C[C@@H](OC(=O)C(CCCCNC(=O)c5cccc6c5Cc5ccccc5-6)N(CC(=O)O)CC(=O)O)CC[C@]4(C)C3CC[C@@]21C. The molecule has 0 bridgehead atoms. The molecule has 1 amide bonds. The summed E-state index contributed by atoms with van der Waals surface area (Å²) in [4.78, 5) is 52.5. The number of rotatable bonds is 18. The van der Waals surface area contributed by atoms with Gasteiger partial charge in [-0.1, -0.05) is 102 Å². The van der Waals surface area contributed by atoms with Crippen molar-refractivity contribution in [1.29, 1.82) is 0 Å². The van der Waals surface area contributed by atoms with Crippen LogP contribution in [0.5, 0.6) is 0 Å². The number of amides is 1. The smallest absolute Gasteiger partial charge is 0.323 e. The Labute approximate surface area is 358 Å². The van der Waals surface area contributed by atoms with Gasteiger partial charge in [-0.05, 0) is 145 Å². The van der Waals surface area contributed by atoms with Crippen LogP contribution in [-0.2, 0) is 25.5 Å². The Hall–Kier alpha value is -3.98. The van der Waals surface area contributed by atoms with Crippen LogP contribution in [0.1, 0.15) is 146 Å². The molecule has 0 saturated heterocycles. The molecular weight excluding hydrogens is 753 g/mol. The Morgan fingerprint density at radius 3 is 2.33 bits per heavy atom. The number of hydrogen-bond donors (Lipinski definition) is 3. The number of benzene rings is 2. The van der Waals surface area contributed by atoms with Crippen molar-refractivity contribution in [2.45, 2.75) is 143 Å². The van der Waals surface area contributed by atoms with Gasteiger partial charge in [-0.3, -0.25) is 24.1 Å². The van der Waals surface area contributed by atoms with Crippen LogP contribution in [0.2, 0.25) is 0 Å². The van der Waals surface area contributed by atoms with Gasteiger partial charge in [0.2, 0.25) is 0 Å². The molecule has 0 aliphatic heterocycles. The van der Waals surface area contributed by atoms with E-state index in [-0.39, 0.29) is 23.8 Å². The number of hydrogen-bond acceptors (Lipinski definition) is 6. The molecule has 0 radical (unpaired) electrons. The molecule has 0 heterocycles. The average molecular weight is 823 g/mol.